The summed E-state index contributed by atoms with van der Waals surface area (Å²) in [7, 11) is 3.06. The van der Waals surface area contributed by atoms with Crippen LogP contribution in [0.5, 0.6) is 17.2 Å². The van der Waals surface area contributed by atoms with Gasteiger partial charge in [-0.1, -0.05) is 12.1 Å². The molecule has 9 nitrogen and oxygen atoms in total. The molecule has 168 valence electrons. The Hall–Kier alpha value is -4.01. The number of anilines is 1. The van der Waals surface area contributed by atoms with Crippen molar-refractivity contribution in [3.8, 4) is 17.2 Å². The third kappa shape index (κ3) is 5.18. The molecule has 1 saturated heterocycles. The first kappa shape index (κ1) is 22.7. The summed E-state index contributed by atoms with van der Waals surface area (Å²) in [6, 6.07) is 11.3. The number of rotatable bonds is 8. The van der Waals surface area contributed by atoms with Crippen molar-refractivity contribution < 1.29 is 28.6 Å². The number of carbonyl (C=O) groups excluding carboxylic acids is 3. The van der Waals surface area contributed by atoms with E-state index in [9.17, 15) is 14.4 Å². The van der Waals surface area contributed by atoms with Crippen LogP contribution in [0.2, 0.25) is 0 Å². The Bertz CT molecular complexity index is 1050. The Morgan fingerprint density at radius 1 is 1.09 bits per heavy atom. The lowest BCUT2D eigenvalue weighted by atomic mass is 10.1. The van der Waals surface area contributed by atoms with Gasteiger partial charge in [-0.15, -0.1) is 0 Å². The lowest BCUT2D eigenvalue weighted by Crippen LogP contribution is -2.38. The molecule has 0 aliphatic carbocycles. The third-order valence-corrected chi connectivity index (χ3v) is 4.52. The van der Waals surface area contributed by atoms with E-state index in [0.717, 1.165) is 4.90 Å². The molecular weight excluding hydrogens is 414 g/mol. The maximum absolute atomic E-state index is 12.8. The van der Waals surface area contributed by atoms with Gasteiger partial charge < -0.3 is 24.8 Å². The lowest BCUT2D eigenvalue weighted by Gasteiger charge is -2.16. The van der Waals surface area contributed by atoms with Gasteiger partial charge in [-0.25, -0.2) is 9.69 Å². The van der Waals surface area contributed by atoms with Crippen molar-refractivity contribution in [2.24, 2.45) is 0 Å². The van der Waals surface area contributed by atoms with Gasteiger partial charge in [-0.2, -0.15) is 0 Å². The number of para-hydroxylation sites is 1. The van der Waals surface area contributed by atoms with E-state index >= 15 is 0 Å². The lowest BCUT2D eigenvalue weighted by molar-refractivity contribution is -0.127. The number of benzene rings is 2. The monoisotopic (exact) mass is 439 g/mol. The molecule has 0 aromatic heterocycles. The van der Waals surface area contributed by atoms with Crippen LogP contribution in [-0.4, -0.2) is 49.6 Å². The van der Waals surface area contributed by atoms with Crippen LogP contribution in [0.25, 0.3) is 6.08 Å². The summed E-state index contributed by atoms with van der Waals surface area (Å²) >= 11 is 0. The van der Waals surface area contributed by atoms with Gasteiger partial charge in [-0.3, -0.25) is 9.59 Å². The number of hydrogen-bond donors (Lipinski definition) is 2. The molecule has 0 unspecified atom stereocenters. The highest BCUT2D eigenvalue weighted by atomic mass is 16.5. The fourth-order valence-electron chi connectivity index (χ4n) is 3.06. The third-order valence-electron chi connectivity index (χ3n) is 4.52. The van der Waals surface area contributed by atoms with Crippen molar-refractivity contribution in [3.05, 3.63) is 53.7 Å². The predicted octanol–water partition coefficient (Wildman–Crippen LogP) is 3.02. The smallest absolute Gasteiger partial charge is 0.329 e. The van der Waals surface area contributed by atoms with E-state index in [0.29, 0.717) is 28.5 Å². The van der Waals surface area contributed by atoms with Crippen LogP contribution < -0.4 is 24.8 Å². The van der Waals surface area contributed by atoms with Gasteiger partial charge in [0.15, 0.2) is 11.5 Å². The van der Waals surface area contributed by atoms with Gasteiger partial charge in [0, 0.05) is 11.3 Å². The minimum Gasteiger partial charge on any atom is -0.497 e. The first-order valence-electron chi connectivity index (χ1n) is 9.94. The van der Waals surface area contributed by atoms with Crippen LogP contribution in [0.4, 0.5) is 10.5 Å². The van der Waals surface area contributed by atoms with Crippen LogP contribution in [0.3, 0.4) is 0 Å². The van der Waals surface area contributed by atoms with Crippen LogP contribution in [0, 0.1) is 0 Å². The van der Waals surface area contributed by atoms with Crippen LogP contribution in [0.15, 0.2) is 48.2 Å². The predicted molar refractivity (Wildman–Crippen MR) is 119 cm³/mol. The summed E-state index contributed by atoms with van der Waals surface area (Å²) in [6.07, 6.45) is 1.37. The summed E-state index contributed by atoms with van der Waals surface area (Å²) in [4.78, 5) is 38.3. The molecule has 9 heteroatoms. The summed E-state index contributed by atoms with van der Waals surface area (Å²) in [6.45, 7) is 3.31. The molecule has 32 heavy (non-hydrogen) atoms. The number of ether oxygens (including phenoxy) is 3. The molecule has 4 amide bonds. The molecule has 0 spiro atoms. The van der Waals surface area contributed by atoms with Gasteiger partial charge in [0.25, 0.3) is 5.91 Å². The molecule has 1 aliphatic heterocycles. The number of nitrogens with one attached hydrogen (secondary N) is 2. The highest BCUT2D eigenvalue weighted by Gasteiger charge is 2.35. The molecular formula is C23H25N3O6. The van der Waals surface area contributed by atoms with Crippen LogP contribution >= 0.6 is 0 Å². The normalized spacial score (nSPS) is 14.5. The molecule has 3 rings (SSSR count). The van der Waals surface area contributed by atoms with Crippen molar-refractivity contribution >= 4 is 29.6 Å². The first-order valence-corrected chi connectivity index (χ1v) is 9.94. The molecule has 0 bridgehead atoms. The van der Waals surface area contributed by atoms with Crippen LogP contribution in [-0.2, 0) is 9.59 Å². The highest BCUT2D eigenvalue weighted by Crippen LogP contribution is 2.33. The molecule has 1 aliphatic rings. The zero-order chi connectivity index (χ0) is 23.3. The number of hydrogen-bond acceptors (Lipinski definition) is 6. The first-order chi connectivity index (χ1) is 15.3. The minimum atomic E-state index is -0.680. The summed E-state index contributed by atoms with van der Waals surface area (Å²) in [5, 5.41) is 5.16. The Balaban J connectivity index is 1.75. The second-order valence-corrected chi connectivity index (χ2v) is 7.20. The van der Waals surface area contributed by atoms with Crippen molar-refractivity contribution in [2.75, 3.05) is 26.1 Å². The Morgan fingerprint density at radius 2 is 1.81 bits per heavy atom. The quantitative estimate of drug-likeness (QED) is 0.484. The van der Waals surface area contributed by atoms with Crippen molar-refractivity contribution in [1.29, 1.82) is 0 Å². The molecule has 2 N–H and O–H groups in total. The Morgan fingerprint density at radius 3 is 2.44 bits per heavy atom. The van der Waals surface area contributed by atoms with Gasteiger partial charge in [-0.05, 0) is 50.3 Å². The summed E-state index contributed by atoms with van der Waals surface area (Å²) < 4.78 is 16.3. The van der Waals surface area contributed by atoms with E-state index in [1.165, 1.54) is 13.2 Å². The zero-order valence-electron chi connectivity index (χ0n) is 18.3. The molecule has 1 heterocycles. The number of methoxy groups -OCH3 is 2. The van der Waals surface area contributed by atoms with Gasteiger partial charge in [0.05, 0.1) is 20.3 Å². The summed E-state index contributed by atoms with van der Waals surface area (Å²) in [5.74, 6) is 0.476. The number of imide groups is 1. The number of urea groups is 1. The van der Waals surface area contributed by atoms with Crippen molar-refractivity contribution in [3.63, 3.8) is 0 Å². The fourth-order valence-corrected chi connectivity index (χ4v) is 3.06. The van der Waals surface area contributed by atoms with Gasteiger partial charge in [0.2, 0.25) is 5.91 Å². The van der Waals surface area contributed by atoms with E-state index in [-0.39, 0.29) is 11.8 Å². The average Bonchev–Trinajstić information content (AvgIpc) is 3.02. The minimum absolute atomic E-state index is 0.0362. The number of nitrogens with zero attached hydrogens (tertiary/aromatic N) is 1. The Labute approximate surface area is 185 Å². The summed E-state index contributed by atoms with van der Waals surface area (Å²) in [5.41, 5.74) is 1.12. The Kier molecular flexibility index (Phi) is 6.99. The second kappa shape index (κ2) is 9.86. The van der Waals surface area contributed by atoms with E-state index in [2.05, 4.69) is 10.6 Å². The second-order valence-electron chi connectivity index (χ2n) is 7.20. The molecule has 0 atom stereocenters. The van der Waals surface area contributed by atoms with E-state index < -0.39 is 24.4 Å². The molecule has 0 saturated carbocycles. The van der Waals surface area contributed by atoms with E-state index in [4.69, 9.17) is 14.2 Å². The largest absolute Gasteiger partial charge is 0.497 e. The molecule has 2 aromatic rings. The molecule has 0 radical (unpaired) electrons. The standard InChI is InChI=1S/C23H25N3O6/c1-14(2)32-21-15(6-5-7-19(21)31-4)12-18-22(28)26(23(29)25-18)13-20(27)24-16-8-10-17(30-3)11-9-16/h5-12,14H,13H2,1-4H3,(H,24,27)(H,25,29)/b18-12-. The highest BCUT2D eigenvalue weighted by molar-refractivity contribution is 6.16. The number of amides is 4. The maximum atomic E-state index is 12.8. The fraction of sp³-hybridized carbons (Fsp3) is 0.261. The van der Waals surface area contributed by atoms with Crippen LogP contribution in [0.1, 0.15) is 19.4 Å². The average molecular weight is 439 g/mol. The number of carbonyl (C=O) groups is 3. The topological polar surface area (TPSA) is 106 Å². The molecule has 2 aromatic carbocycles. The van der Waals surface area contributed by atoms with E-state index in [1.54, 1.807) is 49.6 Å². The van der Waals surface area contributed by atoms with Crippen molar-refractivity contribution in [2.45, 2.75) is 20.0 Å². The zero-order valence-corrected chi connectivity index (χ0v) is 18.3. The SMILES string of the molecule is COc1ccc(NC(=O)CN2C(=O)N/C(=C\c3cccc(OC)c3OC(C)C)C2=O)cc1. The van der Waals surface area contributed by atoms with Gasteiger partial charge >= 0.3 is 6.03 Å². The maximum Gasteiger partial charge on any atom is 0.329 e. The van der Waals surface area contributed by atoms with Crippen molar-refractivity contribution in [1.82, 2.24) is 10.2 Å². The molecule has 1 fully saturated rings. The van der Waals surface area contributed by atoms with Gasteiger partial charge in [0.1, 0.15) is 18.0 Å². The van der Waals surface area contributed by atoms with E-state index in [1.807, 2.05) is 13.8 Å².